The maximum atomic E-state index is 12.4. The van der Waals surface area contributed by atoms with Gasteiger partial charge in [-0.15, -0.1) is 0 Å². The first kappa shape index (κ1) is 17.3. The molecule has 0 spiro atoms. The molecule has 0 bridgehead atoms. The maximum Gasteiger partial charge on any atom is 0.417 e. The fourth-order valence-corrected chi connectivity index (χ4v) is 2.49. The van der Waals surface area contributed by atoms with Crippen LogP contribution in [0.5, 0.6) is 0 Å². The number of carbonyl (C=O) groups excluding carboxylic acids is 1. The lowest BCUT2D eigenvalue weighted by molar-refractivity contribution is -0.137. The molecule has 1 amide bonds. The fourth-order valence-electron chi connectivity index (χ4n) is 1.85. The lowest BCUT2D eigenvalue weighted by atomic mass is 10.1. The van der Waals surface area contributed by atoms with Crippen LogP contribution < -0.4 is 5.32 Å². The minimum absolute atomic E-state index is 0.0751. The molecule has 1 heterocycles. The number of halogens is 3. The summed E-state index contributed by atoms with van der Waals surface area (Å²) in [7, 11) is 0. The number of hydrogen-bond acceptors (Lipinski definition) is 3. The van der Waals surface area contributed by atoms with Gasteiger partial charge < -0.3 is 5.32 Å². The largest absolute Gasteiger partial charge is 0.417 e. The second kappa shape index (κ2) is 7.04. The summed E-state index contributed by atoms with van der Waals surface area (Å²) in [6.07, 6.45) is -3.64. The van der Waals surface area contributed by atoms with E-state index in [-0.39, 0.29) is 11.7 Å². The van der Waals surface area contributed by atoms with Gasteiger partial charge in [-0.05, 0) is 43.2 Å². The smallest absolute Gasteiger partial charge is 0.325 e. The summed E-state index contributed by atoms with van der Waals surface area (Å²) in [6.45, 7) is 3.86. The number of aromatic nitrogens is 1. The molecule has 2 rings (SSSR count). The normalized spacial score (nSPS) is 11.3. The zero-order valence-electron chi connectivity index (χ0n) is 12.6. The molecular formula is C16H15F3N2OS. The van der Waals surface area contributed by atoms with E-state index in [1.807, 2.05) is 26.0 Å². The van der Waals surface area contributed by atoms with Crippen LogP contribution in [0.15, 0.2) is 41.6 Å². The second-order valence-corrected chi connectivity index (χ2v) is 5.96. The van der Waals surface area contributed by atoms with Crippen molar-refractivity contribution in [1.29, 1.82) is 0 Å². The average molecular weight is 340 g/mol. The molecule has 23 heavy (non-hydrogen) atoms. The molecule has 122 valence electrons. The van der Waals surface area contributed by atoms with E-state index in [0.29, 0.717) is 5.03 Å². The standard InChI is InChI=1S/C16H15F3N2OS/c1-10-4-3-5-13(11(10)2)21-14(22)9-23-15-7-6-12(8-20-15)16(17,18)19/h3-8H,9H2,1-2H3,(H,21,22). The number of pyridine rings is 1. The Balaban J connectivity index is 1.93. The zero-order valence-corrected chi connectivity index (χ0v) is 13.4. The Hall–Kier alpha value is -2.02. The number of anilines is 1. The highest BCUT2D eigenvalue weighted by Crippen LogP contribution is 2.29. The van der Waals surface area contributed by atoms with Crippen LogP contribution in [-0.2, 0) is 11.0 Å². The van der Waals surface area contributed by atoms with Gasteiger partial charge in [0, 0.05) is 11.9 Å². The molecule has 1 aromatic carbocycles. The summed E-state index contributed by atoms with van der Waals surface area (Å²) in [5.74, 6) is -0.156. The van der Waals surface area contributed by atoms with Crippen molar-refractivity contribution in [2.45, 2.75) is 25.0 Å². The van der Waals surface area contributed by atoms with Gasteiger partial charge in [-0.25, -0.2) is 4.98 Å². The monoisotopic (exact) mass is 340 g/mol. The van der Waals surface area contributed by atoms with Crippen LogP contribution in [0.25, 0.3) is 0 Å². The lowest BCUT2D eigenvalue weighted by Crippen LogP contribution is -2.15. The Bertz CT molecular complexity index is 699. The topological polar surface area (TPSA) is 42.0 Å². The molecule has 2 aromatic rings. The Morgan fingerprint density at radius 2 is 1.96 bits per heavy atom. The van der Waals surface area contributed by atoms with E-state index in [1.165, 1.54) is 6.07 Å². The van der Waals surface area contributed by atoms with Crippen LogP contribution in [0.2, 0.25) is 0 Å². The first-order valence-electron chi connectivity index (χ1n) is 6.79. The van der Waals surface area contributed by atoms with Crippen LogP contribution in [0.3, 0.4) is 0 Å². The predicted molar refractivity (Wildman–Crippen MR) is 84.5 cm³/mol. The number of alkyl halides is 3. The molecule has 0 unspecified atom stereocenters. The molecule has 0 atom stereocenters. The second-order valence-electron chi connectivity index (χ2n) is 4.97. The van der Waals surface area contributed by atoms with Gasteiger partial charge in [0.1, 0.15) is 0 Å². The Morgan fingerprint density at radius 1 is 1.22 bits per heavy atom. The van der Waals surface area contributed by atoms with E-state index in [4.69, 9.17) is 0 Å². The molecule has 0 fully saturated rings. The van der Waals surface area contributed by atoms with Crippen molar-refractivity contribution in [3.8, 4) is 0 Å². The number of amides is 1. The molecule has 7 heteroatoms. The number of aryl methyl sites for hydroxylation is 1. The van der Waals surface area contributed by atoms with E-state index in [1.54, 1.807) is 6.07 Å². The predicted octanol–water partition coefficient (Wildman–Crippen LogP) is 4.45. The minimum Gasteiger partial charge on any atom is -0.325 e. The molecule has 0 aliphatic rings. The Morgan fingerprint density at radius 3 is 2.57 bits per heavy atom. The van der Waals surface area contributed by atoms with Crippen molar-refractivity contribution in [2.75, 3.05) is 11.1 Å². The minimum atomic E-state index is -4.41. The van der Waals surface area contributed by atoms with Gasteiger partial charge in [0.15, 0.2) is 0 Å². The molecule has 0 saturated heterocycles. The van der Waals surface area contributed by atoms with Crippen molar-refractivity contribution in [3.05, 3.63) is 53.2 Å². The molecule has 0 radical (unpaired) electrons. The van der Waals surface area contributed by atoms with Crippen molar-refractivity contribution in [2.24, 2.45) is 0 Å². The van der Waals surface area contributed by atoms with Gasteiger partial charge in [0.2, 0.25) is 5.91 Å². The first-order valence-corrected chi connectivity index (χ1v) is 7.78. The van der Waals surface area contributed by atoms with Gasteiger partial charge in [0.25, 0.3) is 0 Å². The van der Waals surface area contributed by atoms with Crippen molar-refractivity contribution < 1.29 is 18.0 Å². The van der Waals surface area contributed by atoms with Crippen LogP contribution in [0, 0.1) is 13.8 Å². The van der Waals surface area contributed by atoms with E-state index in [0.717, 1.165) is 40.8 Å². The highest BCUT2D eigenvalue weighted by atomic mass is 32.2. The summed E-state index contributed by atoms with van der Waals surface area (Å²) in [4.78, 5) is 15.7. The van der Waals surface area contributed by atoms with Crippen molar-refractivity contribution in [3.63, 3.8) is 0 Å². The molecule has 0 aliphatic carbocycles. The number of benzene rings is 1. The molecule has 0 aliphatic heterocycles. The summed E-state index contributed by atoms with van der Waals surface area (Å²) in [5.41, 5.74) is 1.98. The third-order valence-electron chi connectivity index (χ3n) is 3.29. The van der Waals surface area contributed by atoms with E-state index in [2.05, 4.69) is 10.3 Å². The number of carbonyl (C=O) groups is 1. The molecular weight excluding hydrogens is 325 g/mol. The number of thioether (sulfide) groups is 1. The molecule has 0 saturated carbocycles. The Kier molecular flexibility index (Phi) is 5.30. The summed E-state index contributed by atoms with van der Waals surface area (Å²) in [6, 6.07) is 7.83. The number of hydrogen-bond donors (Lipinski definition) is 1. The third kappa shape index (κ3) is 4.72. The van der Waals surface area contributed by atoms with Gasteiger partial charge in [0.05, 0.1) is 16.3 Å². The van der Waals surface area contributed by atoms with E-state index < -0.39 is 11.7 Å². The van der Waals surface area contributed by atoms with E-state index in [9.17, 15) is 18.0 Å². The summed E-state index contributed by atoms with van der Waals surface area (Å²) >= 11 is 1.09. The van der Waals surface area contributed by atoms with Crippen LogP contribution >= 0.6 is 11.8 Å². The maximum absolute atomic E-state index is 12.4. The SMILES string of the molecule is Cc1cccc(NC(=O)CSc2ccc(C(F)(F)F)cn2)c1C. The first-order chi connectivity index (χ1) is 10.8. The number of nitrogens with zero attached hydrogens (tertiary/aromatic N) is 1. The highest BCUT2D eigenvalue weighted by molar-refractivity contribution is 7.99. The highest BCUT2D eigenvalue weighted by Gasteiger charge is 2.30. The fraction of sp³-hybridized carbons (Fsp3) is 0.250. The van der Waals surface area contributed by atoms with E-state index >= 15 is 0 Å². The van der Waals surface area contributed by atoms with Crippen LogP contribution in [0.4, 0.5) is 18.9 Å². The quantitative estimate of drug-likeness (QED) is 0.836. The average Bonchev–Trinajstić information content (AvgIpc) is 2.49. The van der Waals surface area contributed by atoms with Crippen LogP contribution in [-0.4, -0.2) is 16.6 Å². The lowest BCUT2D eigenvalue weighted by Gasteiger charge is -2.10. The third-order valence-corrected chi connectivity index (χ3v) is 4.24. The summed E-state index contributed by atoms with van der Waals surface area (Å²) < 4.78 is 37.3. The van der Waals surface area contributed by atoms with Gasteiger partial charge in [-0.3, -0.25) is 4.79 Å². The molecule has 3 nitrogen and oxygen atoms in total. The molecule has 1 N–H and O–H groups in total. The zero-order chi connectivity index (χ0) is 17.0. The van der Waals surface area contributed by atoms with Crippen molar-refractivity contribution >= 4 is 23.4 Å². The molecule has 1 aromatic heterocycles. The van der Waals surface area contributed by atoms with Gasteiger partial charge in [-0.2, -0.15) is 13.2 Å². The summed E-state index contributed by atoms with van der Waals surface area (Å²) in [5, 5.41) is 3.16. The van der Waals surface area contributed by atoms with Gasteiger partial charge in [-0.1, -0.05) is 23.9 Å². The number of rotatable bonds is 4. The van der Waals surface area contributed by atoms with Crippen LogP contribution in [0.1, 0.15) is 16.7 Å². The Labute approximate surface area is 136 Å². The van der Waals surface area contributed by atoms with Gasteiger partial charge >= 0.3 is 6.18 Å². The van der Waals surface area contributed by atoms with Crippen molar-refractivity contribution in [1.82, 2.24) is 4.98 Å². The number of nitrogens with one attached hydrogen (secondary N) is 1.